The van der Waals surface area contributed by atoms with E-state index < -0.39 is 11.7 Å². The smallest absolute Gasteiger partial charge is 0.276 e. The number of benzene rings is 3. The molecule has 0 unspecified atom stereocenters. The van der Waals surface area contributed by atoms with Crippen LogP contribution in [-0.2, 0) is 4.79 Å². The fraction of sp³-hybridized carbons (Fsp3) is 0.156. The lowest BCUT2D eigenvalue weighted by Crippen LogP contribution is -2.44. The van der Waals surface area contributed by atoms with Gasteiger partial charge in [-0.15, -0.1) is 0 Å². The molecule has 0 bridgehead atoms. The predicted octanol–water partition coefficient (Wildman–Crippen LogP) is 5.03. The van der Waals surface area contributed by atoms with Crippen LogP contribution in [0.3, 0.4) is 0 Å². The normalized spacial score (nSPS) is 13.5. The predicted molar refractivity (Wildman–Crippen MR) is 170 cm³/mol. The van der Waals surface area contributed by atoms with Crippen molar-refractivity contribution in [2.45, 2.75) is 0 Å². The number of rotatable bonds is 8. The number of hydrogen-bond acceptors (Lipinski definition) is 8. The molecule has 11 nitrogen and oxygen atoms in total. The first kappa shape index (κ1) is 28.5. The number of aromatic nitrogens is 4. The van der Waals surface area contributed by atoms with Crippen LogP contribution in [0.4, 0.5) is 33.1 Å². The molecule has 1 fully saturated rings. The van der Waals surface area contributed by atoms with E-state index in [1.165, 1.54) is 24.3 Å². The molecule has 222 valence electrons. The van der Waals surface area contributed by atoms with Crippen molar-refractivity contribution in [3.63, 3.8) is 0 Å². The number of piperazine rings is 1. The Hall–Kier alpha value is -5.62. The molecule has 3 heterocycles. The minimum Gasteiger partial charge on any atom is -0.369 e. The molecule has 3 aromatic carbocycles. The van der Waals surface area contributed by atoms with Crippen molar-refractivity contribution >= 4 is 51.5 Å². The molecule has 44 heavy (non-hydrogen) atoms. The maximum absolute atomic E-state index is 13.8. The second-order valence-electron chi connectivity index (χ2n) is 10.4. The van der Waals surface area contributed by atoms with E-state index in [0.717, 1.165) is 37.6 Å². The summed E-state index contributed by atoms with van der Waals surface area (Å²) in [6.07, 6.45) is 1.18. The summed E-state index contributed by atoms with van der Waals surface area (Å²) in [6, 6.07) is 20.7. The standard InChI is InChI=1S/C32H30FN9O2/c1-3-26(43)34-22-9-4-7-20(17-22)28-27-29(31(44)35-23-10-5-8-21(33)18-23)39-40-30(27)38-32(37-28)36-24-11-6-12-25(19-24)42-15-13-41(2)14-16-42/h3-12,17-19H,1,13-16H2,2H3,(H,34,43)(H,35,44)(H2,36,37,38,39,40). The van der Waals surface area contributed by atoms with Gasteiger partial charge in [-0.1, -0.05) is 30.8 Å². The first-order valence-corrected chi connectivity index (χ1v) is 14.0. The van der Waals surface area contributed by atoms with Crippen LogP contribution in [0.15, 0.2) is 85.5 Å². The first-order chi connectivity index (χ1) is 21.4. The van der Waals surface area contributed by atoms with Crippen molar-refractivity contribution in [3.8, 4) is 11.3 Å². The van der Waals surface area contributed by atoms with E-state index in [1.807, 2.05) is 18.2 Å². The molecule has 0 saturated carbocycles. The van der Waals surface area contributed by atoms with Crippen molar-refractivity contribution in [1.29, 1.82) is 0 Å². The Labute approximate surface area is 252 Å². The summed E-state index contributed by atoms with van der Waals surface area (Å²) < 4.78 is 13.8. The van der Waals surface area contributed by atoms with Crippen LogP contribution >= 0.6 is 0 Å². The largest absolute Gasteiger partial charge is 0.369 e. The molecule has 1 saturated heterocycles. The summed E-state index contributed by atoms with van der Waals surface area (Å²) in [7, 11) is 2.12. The highest BCUT2D eigenvalue weighted by molar-refractivity contribution is 6.14. The molecular formula is C32H30FN9O2. The molecule has 4 N–H and O–H groups in total. The van der Waals surface area contributed by atoms with Gasteiger partial charge in [0.2, 0.25) is 11.9 Å². The molecule has 2 amide bonds. The van der Waals surface area contributed by atoms with Gasteiger partial charge in [-0.2, -0.15) is 10.1 Å². The van der Waals surface area contributed by atoms with Gasteiger partial charge in [-0.05, 0) is 61.7 Å². The van der Waals surface area contributed by atoms with Gasteiger partial charge >= 0.3 is 0 Å². The number of fused-ring (bicyclic) bond motifs is 1. The molecule has 2 aromatic heterocycles. The maximum atomic E-state index is 13.8. The Morgan fingerprint density at radius 2 is 1.64 bits per heavy atom. The highest BCUT2D eigenvalue weighted by atomic mass is 19.1. The van der Waals surface area contributed by atoms with Gasteiger partial charge in [0.1, 0.15) is 5.82 Å². The van der Waals surface area contributed by atoms with Gasteiger partial charge in [0.05, 0.1) is 11.1 Å². The fourth-order valence-electron chi connectivity index (χ4n) is 5.03. The molecule has 1 aliphatic heterocycles. The van der Waals surface area contributed by atoms with E-state index in [0.29, 0.717) is 28.0 Å². The van der Waals surface area contributed by atoms with Crippen LogP contribution in [0.2, 0.25) is 0 Å². The summed E-state index contributed by atoms with van der Waals surface area (Å²) in [6.45, 7) is 7.34. The average molecular weight is 592 g/mol. The topological polar surface area (TPSA) is 131 Å². The lowest BCUT2D eigenvalue weighted by atomic mass is 10.1. The van der Waals surface area contributed by atoms with E-state index in [9.17, 15) is 14.0 Å². The molecule has 5 aromatic rings. The number of H-pyrrole nitrogens is 1. The zero-order chi connectivity index (χ0) is 30.6. The van der Waals surface area contributed by atoms with Crippen molar-refractivity contribution in [2.24, 2.45) is 0 Å². The zero-order valence-electron chi connectivity index (χ0n) is 24.0. The molecule has 12 heteroatoms. The first-order valence-electron chi connectivity index (χ1n) is 14.0. The highest BCUT2D eigenvalue weighted by Gasteiger charge is 2.23. The highest BCUT2D eigenvalue weighted by Crippen LogP contribution is 2.32. The Bertz CT molecular complexity index is 1860. The van der Waals surface area contributed by atoms with Gasteiger partial charge in [-0.25, -0.2) is 9.37 Å². The average Bonchev–Trinajstić information content (AvgIpc) is 3.45. The number of likely N-dealkylation sites (N-methyl/N-ethyl adjacent to an activating group) is 1. The number of hydrogen-bond donors (Lipinski definition) is 4. The van der Waals surface area contributed by atoms with Crippen LogP contribution in [0.5, 0.6) is 0 Å². The summed E-state index contributed by atoms with van der Waals surface area (Å²) in [5.41, 5.74) is 4.04. The molecule has 0 aliphatic carbocycles. The maximum Gasteiger partial charge on any atom is 0.276 e. The molecular weight excluding hydrogens is 561 g/mol. The monoisotopic (exact) mass is 591 g/mol. The Morgan fingerprint density at radius 3 is 2.41 bits per heavy atom. The number of carbonyl (C=O) groups excluding carboxylic acids is 2. The van der Waals surface area contributed by atoms with Gasteiger partial charge in [0.15, 0.2) is 11.3 Å². The zero-order valence-corrected chi connectivity index (χ0v) is 24.0. The molecule has 6 rings (SSSR count). The van der Waals surface area contributed by atoms with Crippen molar-refractivity contribution in [1.82, 2.24) is 25.1 Å². The molecule has 1 aliphatic rings. The van der Waals surface area contributed by atoms with Gasteiger partial charge < -0.3 is 25.8 Å². The van der Waals surface area contributed by atoms with Gasteiger partial charge in [-0.3, -0.25) is 14.7 Å². The van der Waals surface area contributed by atoms with E-state index in [-0.39, 0.29) is 23.2 Å². The van der Waals surface area contributed by atoms with Crippen LogP contribution in [-0.4, -0.2) is 70.1 Å². The second kappa shape index (κ2) is 12.3. The number of anilines is 5. The minimum absolute atomic E-state index is 0.0309. The lowest BCUT2D eigenvalue weighted by molar-refractivity contribution is -0.111. The minimum atomic E-state index is -0.566. The number of nitrogens with zero attached hydrogens (tertiary/aromatic N) is 5. The van der Waals surface area contributed by atoms with Crippen molar-refractivity contribution < 1.29 is 14.0 Å². The van der Waals surface area contributed by atoms with E-state index in [1.54, 1.807) is 24.3 Å². The van der Waals surface area contributed by atoms with Crippen LogP contribution in [0.25, 0.3) is 22.3 Å². The van der Waals surface area contributed by atoms with Crippen molar-refractivity contribution in [3.05, 3.63) is 97.0 Å². The summed E-state index contributed by atoms with van der Waals surface area (Å²) in [5, 5.41) is 16.2. The SMILES string of the molecule is C=CC(=O)Nc1cccc(-c2nc(Nc3cccc(N4CCN(C)CC4)c3)nc3[nH]nc(C(=O)Nc4cccc(F)c4)c23)c1. The van der Waals surface area contributed by atoms with Gasteiger partial charge in [0.25, 0.3) is 5.91 Å². The molecule has 0 radical (unpaired) electrons. The third-order valence-electron chi connectivity index (χ3n) is 7.28. The third kappa shape index (κ3) is 6.25. The Balaban J connectivity index is 1.39. The summed E-state index contributed by atoms with van der Waals surface area (Å²) in [5.74, 6) is -1.13. The lowest BCUT2D eigenvalue weighted by Gasteiger charge is -2.34. The third-order valence-corrected chi connectivity index (χ3v) is 7.28. The number of amides is 2. The quantitative estimate of drug-likeness (QED) is 0.185. The summed E-state index contributed by atoms with van der Waals surface area (Å²) >= 11 is 0. The van der Waals surface area contributed by atoms with Crippen LogP contribution < -0.4 is 20.9 Å². The van der Waals surface area contributed by atoms with Crippen molar-refractivity contribution in [2.75, 3.05) is 54.1 Å². The van der Waals surface area contributed by atoms with E-state index >= 15 is 0 Å². The summed E-state index contributed by atoms with van der Waals surface area (Å²) in [4.78, 5) is 39.4. The van der Waals surface area contributed by atoms with Gasteiger partial charge in [0, 0.05) is 54.5 Å². The second-order valence-corrected chi connectivity index (χ2v) is 10.4. The number of aromatic amines is 1. The molecule has 0 atom stereocenters. The number of carbonyl (C=O) groups is 2. The van der Waals surface area contributed by atoms with Crippen LogP contribution in [0.1, 0.15) is 10.5 Å². The number of halogens is 1. The fourth-order valence-corrected chi connectivity index (χ4v) is 5.03. The van der Waals surface area contributed by atoms with E-state index in [2.05, 4.69) is 66.7 Å². The Morgan fingerprint density at radius 1 is 0.909 bits per heavy atom. The Kier molecular flexibility index (Phi) is 7.98. The van der Waals surface area contributed by atoms with E-state index in [4.69, 9.17) is 4.98 Å². The van der Waals surface area contributed by atoms with Crippen LogP contribution in [0, 0.1) is 5.82 Å². The molecule has 0 spiro atoms. The number of nitrogens with one attached hydrogen (secondary N) is 4.